The fraction of sp³-hybridized carbons (Fsp3) is 0.579. The summed E-state index contributed by atoms with van der Waals surface area (Å²) in [4.78, 5) is 26.5. The summed E-state index contributed by atoms with van der Waals surface area (Å²) < 4.78 is 11.0. The third-order valence-electron chi connectivity index (χ3n) is 5.39. The summed E-state index contributed by atoms with van der Waals surface area (Å²) in [7, 11) is 0. The molecule has 3 rings (SSSR count). The molecule has 1 saturated carbocycles. The number of benzene rings is 1. The Labute approximate surface area is 147 Å². The summed E-state index contributed by atoms with van der Waals surface area (Å²) in [6, 6.07) is 7.12. The lowest BCUT2D eigenvalue weighted by Gasteiger charge is -2.23. The molecule has 0 unspecified atom stereocenters. The highest BCUT2D eigenvalue weighted by Crippen LogP contribution is 2.49. The van der Waals surface area contributed by atoms with Crippen molar-refractivity contribution >= 4 is 11.9 Å². The normalized spacial score (nSPS) is 25.0. The quantitative estimate of drug-likeness (QED) is 0.767. The molecule has 1 aliphatic heterocycles. The molecule has 0 spiro atoms. The number of fused-ring (bicyclic) bond motifs is 1. The summed E-state index contributed by atoms with van der Waals surface area (Å²) in [5.41, 5.74) is -0.278. The maximum Gasteiger partial charge on any atom is 0.311 e. The van der Waals surface area contributed by atoms with E-state index in [1.807, 2.05) is 13.0 Å². The van der Waals surface area contributed by atoms with Gasteiger partial charge < -0.3 is 19.5 Å². The molecular formula is C19H25NO5. The molecule has 2 aliphatic rings. The maximum atomic E-state index is 13.0. The van der Waals surface area contributed by atoms with Crippen LogP contribution >= 0.6 is 0 Å². The standard InChI is InChI=1S/C19H25NO5/c1-2-24-10-11-25-16-8-4-3-7-15(16)17(21)20-12-14-6-5-9-19(14,13-20)18(22)23/h3-4,7-8,14H,2,5-6,9-13H2,1H3,(H,22,23)/t14-,19+/m0/s1. The second-order valence-electron chi connectivity index (χ2n) is 6.78. The fourth-order valence-electron chi connectivity index (χ4n) is 4.09. The number of aliphatic carboxylic acids is 1. The number of rotatable bonds is 7. The summed E-state index contributed by atoms with van der Waals surface area (Å²) >= 11 is 0. The van der Waals surface area contributed by atoms with Gasteiger partial charge in [-0.05, 0) is 37.8 Å². The average Bonchev–Trinajstić information content (AvgIpc) is 3.17. The molecule has 1 amide bonds. The first kappa shape index (κ1) is 17.7. The second kappa shape index (κ2) is 7.44. The molecule has 25 heavy (non-hydrogen) atoms. The third-order valence-corrected chi connectivity index (χ3v) is 5.39. The number of carbonyl (C=O) groups is 2. The van der Waals surface area contributed by atoms with Gasteiger partial charge in [-0.2, -0.15) is 0 Å². The van der Waals surface area contributed by atoms with Crippen molar-refractivity contribution in [3.8, 4) is 5.75 Å². The van der Waals surface area contributed by atoms with Gasteiger partial charge in [-0.15, -0.1) is 0 Å². The van der Waals surface area contributed by atoms with Crippen molar-refractivity contribution in [1.29, 1.82) is 0 Å². The van der Waals surface area contributed by atoms with Crippen molar-refractivity contribution < 1.29 is 24.2 Å². The highest BCUT2D eigenvalue weighted by Gasteiger charge is 2.55. The predicted molar refractivity (Wildman–Crippen MR) is 91.7 cm³/mol. The van der Waals surface area contributed by atoms with E-state index in [-0.39, 0.29) is 11.8 Å². The van der Waals surface area contributed by atoms with E-state index in [2.05, 4.69) is 0 Å². The number of ether oxygens (including phenoxy) is 2. The van der Waals surface area contributed by atoms with Crippen LogP contribution in [0.1, 0.15) is 36.5 Å². The van der Waals surface area contributed by atoms with E-state index >= 15 is 0 Å². The van der Waals surface area contributed by atoms with Gasteiger partial charge in [0.15, 0.2) is 0 Å². The molecule has 136 valence electrons. The zero-order valence-electron chi connectivity index (χ0n) is 14.6. The first-order valence-corrected chi connectivity index (χ1v) is 8.90. The van der Waals surface area contributed by atoms with E-state index < -0.39 is 11.4 Å². The fourth-order valence-corrected chi connectivity index (χ4v) is 4.09. The number of carboxylic acid groups (broad SMARTS) is 1. The number of carbonyl (C=O) groups excluding carboxylic acids is 1. The van der Waals surface area contributed by atoms with E-state index in [1.165, 1.54) is 0 Å². The Kier molecular flexibility index (Phi) is 5.27. The van der Waals surface area contributed by atoms with Gasteiger partial charge in [-0.25, -0.2) is 0 Å². The smallest absolute Gasteiger partial charge is 0.311 e. The van der Waals surface area contributed by atoms with Crippen LogP contribution in [0.2, 0.25) is 0 Å². The molecule has 0 bridgehead atoms. The molecule has 6 nitrogen and oxygen atoms in total. The van der Waals surface area contributed by atoms with E-state index in [0.29, 0.717) is 50.6 Å². The number of amides is 1. The van der Waals surface area contributed by atoms with Crippen LogP contribution in [0.25, 0.3) is 0 Å². The van der Waals surface area contributed by atoms with E-state index in [0.717, 1.165) is 12.8 Å². The molecule has 0 radical (unpaired) electrons. The van der Waals surface area contributed by atoms with E-state index in [4.69, 9.17) is 9.47 Å². The Bertz CT molecular complexity index is 646. The van der Waals surface area contributed by atoms with Crippen LogP contribution in [0.15, 0.2) is 24.3 Å². The van der Waals surface area contributed by atoms with Crippen molar-refractivity contribution in [3.63, 3.8) is 0 Å². The van der Waals surface area contributed by atoms with Crippen molar-refractivity contribution in [3.05, 3.63) is 29.8 Å². The van der Waals surface area contributed by atoms with Gasteiger partial charge in [-0.3, -0.25) is 9.59 Å². The molecule has 1 aliphatic carbocycles. The van der Waals surface area contributed by atoms with Gasteiger partial charge in [0.2, 0.25) is 0 Å². The number of hydrogen-bond donors (Lipinski definition) is 1. The van der Waals surface area contributed by atoms with Gasteiger partial charge in [0, 0.05) is 19.7 Å². The Morgan fingerprint density at radius 3 is 2.84 bits per heavy atom. The largest absolute Gasteiger partial charge is 0.490 e. The SMILES string of the molecule is CCOCCOc1ccccc1C(=O)N1C[C@@H]2CCC[C@@]2(C(=O)O)C1. The molecule has 2 fully saturated rings. The summed E-state index contributed by atoms with van der Waals surface area (Å²) in [5.74, 6) is -0.345. The van der Waals surface area contributed by atoms with E-state index in [1.54, 1.807) is 23.1 Å². The molecule has 2 atom stereocenters. The van der Waals surface area contributed by atoms with Gasteiger partial charge in [-0.1, -0.05) is 18.6 Å². The monoisotopic (exact) mass is 347 g/mol. The lowest BCUT2D eigenvalue weighted by atomic mass is 9.81. The third kappa shape index (κ3) is 3.35. The van der Waals surface area contributed by atoms with Crippen LogP contribution < -0.4 is 4.74 Å². The number of carboxylic acids is 1. The average molecular weight is 347 g/mol. The van der Waals surface area contributed by atoms with Crippen LogP contribution in [-0.2, 0) is 9.53 Å². The topological polar surface area (TPSA) is 76.1 Å². The second-order valence-corrected chi connectivity index (χ2v) is 6.78. The van der Waals surface area contributed by atoms with Crippen molar-refractivity contribution in [2.45, 2.75) is 26.2 Å². The number of likely N-dealkylation sites (tertiary alicyclic amines) is 1. The first-order valence-electron chi connectivity index (χ1n) is 8.90. The Balaban J connectivity index is 1.73. The zero-order chi connectivity index (χ0) is 17.9. The summed E-state index contributed by atoms with van der Waals surface area (Å²) in [5, 5.41) is 9.69. The van der Waals surface area contributed by atoms with Crippen LogP contribution in [0.5, 0.6) is 5.75 Å². The van der Waals surface area contributed by atoms with Gasteiger partial charge in [0.1, 0.15) is 12.4 Å². The molecule has 1 aromatic rings. The highest BCUT2D eigenvalue weighted by molar-refractivity contribution is 5.97. The van der Waals surface area contributed by atoms with Crippen LogP contribution in [0.4, 0.5) is 0 Å². The molecular weight excluding hydrogens is 322 g/mol. The zero-order valence-corrected chi connectivity index (χ0v) is 14.6. The minimum atomic E-state index is -0.772. The molecule has 1 heterocycles. The van der Waals surface area contributed by atoms with Crippen LogP contribution in [0, 0.1) is 11.3 Å². The molecule has 1 N–H and O–H groups in total. The first-order chi connectivity index (χ1) is 12.1. The van der Waals surface area contributed by atoms with Crippen molar-refractivity contribution in [2.75, 3.05) is 32.9 Å². The Morgan fingerprint density at radius 1 is 1.32 bits per heavy atom. The lowest BCUT2D eigenvalue weighted by molar-refractivity contribution is -0.149. The molecule has 6 heteroatoms. The Hall–Kier alpha value is -2.08. The van der Waals surface area contributed by atoms with Crippen molar-refractivity contribution in [2.24, 2.45) is 11.3 Å². The van der Waals surface area contributed by atoms with Crippen LogP contribution in [0.3, 0.4) is 0 Å². The van der Waals surface area contributed by atoms with Crippen LogP contribution in [-0.4, -0.2) is 54.8 Å². The van der Waals surface area contributed by atoms with Crippen molar-refractivity contribution in [1.82, 2.24) is 4.90 Å². The van der Waals surface area contributed by atoms with Gasteiger partial charge in [0.05, 0.1) is 17.6 Å². The number of para-hydroxylation sites is 1. The molecule has 0 aromatic heterocycles. The molecule has 1 saturated heterocycles. The minimum Gasteiger partial charge on any atom is -0.490 e. The summed E-state index contributed by atoms with van der Waals surface area (Å²) in [6.07, 6.45) is 2.46. The Morgan fingerprint density at radius 2 is 2.12 bits per heavy atom. The minimum absolute atomic E-state index is 0.0555. The molecule has 1 aromatic carbocycles. The number of nitrogens with zero attached hydrogens (tertiary/aromatic N) is 1. The van der Waals surface area contributed by atoms with E-state index in [9.17, 15) is 14.7 Å². The predicted octanol–water partition coefficient (Wildman–Crippen LogP) is 2.43. The summed E-state index contributed by atoms with van der Waals surface area (Å²) in [6.45, 7) is 4.18. The maximum absolute atomic E-state index is 13.0. The van der Waals surface area contributed by atoms with Gasteiger partial charge in [0.25, 0.3) is 5.91 Å². The number of hydrogen-bond acceptors (Lipinski definition) is 4. The lowest BCUT2D eigenvalue weighted by Crippen LogP contribution is -2.37. The highest BCUT2D eigenvalue weighted by atomic mass is 16.5. The van der Waals surface area contributed by atoms with Gasteiger partial charge >= 0.3 is 5.97 Å².